The highest BCUT2D eigenvalue weighted by Gasteiger charge is 2.51. The normalized spacial score (nSPS) is 21.6. The first kappa shape index (κ1) is 22.7. The molecule has 1 aliphatic carbocycles. The van der Waals surface area contributed by atoms with Crippen molar-refractivity contribution in [2.24, 2.45) is 0 Å². The SMILES string of the molecule is O=C(CCN1C(=O)NC2(CCCCC2)C1=O)Nc1cccc(S(=O)(=O)N2CCCCC2)c1. The van der Waals surface area contributed by atoms with Crippen LogP contribution >= 0.6 is 0 Å². The average Bonchev–Trinajstić information content (AvgIpc) is 3.02. The van der Waals surface area contributed by atoms with E-state index in [-0.39, 0.29) is 29.7 Å². The van der Waals surface area contributed by atoms with Crippen molar-refractivity contribution in [1.29, 1.82) is 0 Å². The summed E-state index contributed by atoms with van der Waals surface area (Å²) in [5, 5.41) is 5.52. The van der Waals surface area contributed by atoms with E-state index in [1.54, 1.807) is 12.1 Å². The van der Waals surface area contributed by atoms with Crippen LogP contribution in [0.1, 0.15) is 57.8 Å². The molecule has 10 heteroatoms. The van der Waals surface area contributed by atoms with Crippen LogP contribution in [0.15, 0.2) is 29.2 Å². The number of hydrogen-bond acceptors (Lipinski definition) is 5. The summed E-state index contributed by atoms with van der Waals surface area (Å²) in [5.74, 6) is -0.632. The molecule has 2 aliphatic heterocycles. The van der Waals surface area contributed by atoms with Crippen LogP contribution in [0, 0.1) is 0 Å². The maximum Gasteiger partial charge on any atom is 0.325 e. The second-order valence-corrected chi connectivity index (χ2v) is 10.8. The lowest BCUT2D eigenvalue weighted by Gasteiger charge is -2.30. The van der Waals surface area contributed by atoms with Crippen LogP contribution in [0.5, 0.6) is 0 Å². The van der Waals surface area contributed by atoms with Gasteiger partial charge in [0, 0.05) is 31.7 Å². The minimum Gasteiger partial charge on any atom is -0.326 e. The second kappa shape index (κ2) is 9.19. The van der Waals surface area contributed by atoms with Crippen molar-refractivity contribution >= 4 is 33.6 Å². The minimum absolute atomic E-state index is 0.00990. The predicted molar refractivity (Wildman–Crippen MR) is 118 cm³/mol. The zero-order valence-corrected chi connectivity index (χ0v) is 19.0. The topological polar surface area (TPSA) is 116 Å². The zero-order chi connectivity index (χ0) is 22.8. The van der Waals surface area contributed by atoms with Gasteiger partial charge in [0.15, 0.2) is 0 Å². The Morgan fingerprint density at radius 2 is 1.72 bits per heavy atom. The van der Waals surface area contributed by atoms with Gasteiger partial charge < -0.3 is 10.6 Å². The van der Waals surface area contributed by atoms with E-state index in [4.69, 9.17) is 0 Å². The fraction of sp³-hybridized carbons (Fsp3) is 0.591. The Bertz CT molecular complexity index is 997. The molecule has 174 valence electrons. The zero-order valence-electron chi connectivity index (χ0n) is 18.1. The molecule has 0 aromatic heterocycles. The van der Waals surface area contributed by atoms with Gasteiger partial charge in [-0.15, -0.1) is 0 Å². The minimum atomic E-state index is -3.60. The van der Waals surface area contributed by atoms with Crippen molar-refractivity contribution in [2.75, 3.05) is 25.0 Å². The Morgan fingerprint density at radius 3 is 2.44 bits per heavy atom. The third-order valence-corrected chi connectivity index (χ3v) is 8.48. The van der Waals surface area contributed by atoms with Gasteiger partial charge in [0.05, 0.1) is 4.90 Å². The van der Waals surface area contributed by atoms with Gasteiger partial charge in [0.1, 0.15) is 5.54 Å². The molecule has 2 N–H and O–H groups in total. The van der Waals surface area contributed by atoms with Crippen LogP contribution in [0.25, 0.3) is 0 Å². The highest BCUT2D eigenvalue weighted by atomic mass is 32.2. The van der Waals surface area contributed by atoms with Crippen LogP contribution in [-0.4, -0.2) is 60.6 Å². The first-order valence-electron chi connectivity index (χ1n) is 11.4. The van der Waals surface area contributed by atoms with Crippen LogP contribution in [0.4, 0.5) is 10.5 Å². The molecule has 32 heavy (non-hydrogen) atoms. The van der Waals surface area contributed by atoms with Crippen molar-refractivity contribution in [3.63, 3.8) is 0 Å². The Balaban J connectivity index is 1.36. The van der Waals surface area contributed by atoms with E-state index in [0.717, 1.165) is 43.4 Å². The van der Waals surface area contributed by atoms with Gasteiger partial charge >= 0.3 is 6.03 Å². The average molecular weight is 463 g/mol. The van der Waals surface area contributed by atoms with E-state index in [9.17, 15) is 22.8 Å². The molecule has 0 radical (unpaired) electrons. The number of amides is 4. The Kier molecular flexibility index (Phi) is 6.52. The summed E-state index contributed by atoms with van der Waals surface area (Å²) in [6, 6.07) is 5.75. The van der Waals surface area contributed by atoms with E-state index < -0.39 is 21.6 Å². The van der Waals surface area contributed by atoms with E-state index in [1.165, 1.54) is 16.4 Å². The molecule has 1 aromatic rings. The molecule has 1 spiro atoms. The number of benzene rings is 1. The molecule has 1 aromatic carbocycles. The Hall–Kier alpha value is -2.46. The molecule has 2 saturated heterocycles. The van der Waals surface area contributed by atoms with Crippen LogP contribution in [0.2, 0.25) is 0 Å². The number of anilines is 1. The van der Waals surface area contributed by atoms with Crippen LogP contribution < -0.4 is 10.6 Å². The standard InChI is InChI=1S/C22H30N4O5S/c27-19(10-15-26-20(28)22(24-21(26)29)11-3-1-4-12-22)23-17-8-7-9-18(16-17)32(30,31)25-13-5-2-6-14-25/h7-9,16H,1-6,10-15H2,(H,23,27)(H,24,29). The van der Waals surface area contributed by atoms with Gasteiger partial charge in [-0.25, -0.2) is 13.2 Å². The second-order valence-electron chi connectivity index (χ2n) is 8.82. The number of piperidine rings is 1. The number of nitrogens with one attached hydrogen (secondary N) is 2. The third kappa shape index (κ3) is 4.52. The number of carbonyl (C=O) groups excluding carboxylic acids is 3. The number of carbonyl (C=O) groups is 3. The first-order valence-corrected chi connectivity index (χ1v) is 12.8. The Labute approximate surface area is 188 Å². The van der Waals surface area contributed by atoms with Gasteiger partial charge in [-0.3, -0.25) is 14.5 Å². The molecule has 4 amide bonds. The maximum absolute atomic E-state index is 12.9. The summed E-state index contributed by atoms with van der Waals surface area (Å²) in [4.78, 5) is 38.9. The molecule has 0 atom stereocenters. The summed E-state index contributed by atoms with van der Waals surface area (Å²) in [5.41, 5.74) is -0.433. The van der Waals surface area contributed by atoms with Crippen LogP contribution in [0.3, 0.4) is 0 Å². The summed E-state index contributed by atoms with van der Waals surface area (Å²) in [7, 11) is -3.60. The van der Waals surface area contributed by atoms with E-state index in [2.05, 4.69) is 10.6 Å². The molecular weight excluding hydrogens is 432 g/mol. The van der Waals surface area contributed by atoms with Crippen molar-refractivity contribution in [3.05, 3.63) is 24.3 Å². The van der Waals surface area contributed by atoms with Gasteiger partial charge in [0.2, 0.25) is 15.9 Å². The van der Waals surface area contributed by atoms with Gasteiger partial charge in [-0.2, -0.15) is 4.31 Å². The lowest BCUT2D eigenvalue weighted by atomic mass is 9.82. The molecule has 9 nitrogen and oxygen atoms in total. The van der Waals surface area contributed by atoms with Gasteiger partial charge in [0.25, 0.3) is 5.91 Å². The molecule has 0 unspecified atom stereocenters. The van der Waals surface area contributed by atoms with Crippen LogP contribution in [-0.2, 0) is 19.6 Å². The molecule has 3 aliphatic rings. The first-order chi connectivity index (χ1) is 15.3. The number of sulfonamides is 1. The Morgan fingerprint density at radius 1 is 1.03 bits per heavy atom. The van der Waals surface area contributed by atoms with Gasteiger partial charge in [-0.05, 0) is 43.9 Å². The maximum atomic E-state index is 12.9. The number of rotatable bonds is 6. The van der Waals surface area contributed by atoms with Crippen molar-refractivity contribution < 1.29 is 22.8 Å². The summed E-state index contributed by atoms with van der Waals surface area (Å²) in [6.45, 7) is 1.00. The van der Waals surface area contributed by atoms with E-state index >= 15 is 0 Å². The molecule has 2 heterocycles. The largest absolute Gasteiger partial charge is 0.326 e. The quantitative estimate of drug-likeness (QED) is 0.630. The summed E-state index contributed by atoms with van der Waals surface area (Å²) in [6.07, 6.45) is 6.80. The highest BCUT2D eigenvalue weighted by molar-refractivity contribution is 7.89. The number of imide groups is 1. The fourth-order valence-electron chi connectivity index (χ4n) is 4.80. The van der Waals surface area contributed by atoms with Crippen molar-refractivity contribution in [3.8, 4) is 0 Å². The van der Waals surface area contributed by atoms with E-state index in [1.807, 2.05) is 0 Å². The summed E-state index contributed by atoms with van der Waals surface area (Å²) < 4.78 is 27.2. The van der Waals surface area contributed by atoms with Gasteiger partial charge in [-0.1, -0.05) is 31.7 Å². The number of nitrogens with zero attached hydrogens (tertiary/aromatic N) is 2. The van der Waals surface area contributed by atoms with Crippen molar-refractivity contribution in [1.82, 2.24) is 14.5 Å². The predicted octanol–water partition coefficient (Wildman–Crippen LogP) is 2.44. The lowest BCUT2D eigenvalue weighted by molar-refractivity contribution is -0.132. The lowest BCUT2D eigenvalue weighted by Crippen LogP contribution is -2.48. The van der Waals surface area contributed by atoms with Crippen molar-refractivity contribution in [2.45, 2.75) is 68.2 Å². The molecular formula is C22H30N4O5S. The molecule has 3 fully saturated rings. The fourth-order valence-corrected chi connectivity index (χ4v) is 6.36. The summed E-state index contributed by atoms with van der Waals surface area (Å²) >= 11 is 0. The molecule has 1 saturated carbocycles. The monoisotopic (exact) mass is 462 g/mol. The van der Waals surface area contributed by atoms with E-state index in [0.29, 0.717) is 31.6 Å². The smallest absolute Gasteiger partial charge is 0.325 e. The number of hydrogen-bond donors (Lipinski definition) is 2. The third-order valence-electron chi connectivity index (χ3n) is 6.59. The molecule has 0 bridgehead atoms. The molecule has 4 rings (SSSR count). The highest BCUT2D eigenvalue weighted by Crippen LogP contribution is 2.33. The number of urea groups is 1.